The molecule has 0 aliphatic heterocycles. The van der Waals surface area contributed by atoms with E-state index in [0.29, 0.717) is 5.92 Å². The van der Waals surface area contributed by atoms with Crippen molar-refractivity contribution in [2.24, 2.45) is 0 Å². The third-order valence-electron chi connectivity index (χ3n) is 2.18. The molecule has 72 valence electrons. The van der Waals surface area contributed by atoms with Crippen LogP contribution in [0.5, 0.6) is 0 Å². The standard InChI is InChI=1S/C11H14Br2/c1-4-8-5-6-9(12)11(13)10(8)7(2)3/h5-7H,4H2,1-3H3. The zero-order valence-corrected chi connectivity index (χ0v) is 11.4. The van der Waals surface area contributed by atoms with Crippen LogP contribution < -0.4 is 0 Å². The minimum absolute atomic E-state index is 0.571. The van der Waals surface area contributed by atoms with Gasteiger partial charge in [-0.15, -0.1) is 0 Å². The monoisotopic (exact) mass is 304 g/mol. The largest absolute Gasteiger partial charge is 0.0613 e. The van der Waals surface area contributed by atoms with Gasteiger partial charge in [-0.3, -0.25) is 0 Å². The van der Waals surface area contributed by atoms with Gasteiger partial charge >= 0.3 is 0 Å². The number of hydrogen-bond donors (Lipinski definition) is 0. The van der Waals surface area contributed by atoms with Crippen molar-refractivity contribution in [2.45, 2.75) is 33.1 Å². The van der Waals surface area contributed by atoms with Gasteiger partial charge in [-0.25, -0.2) is 0 Å². The Morgan fingerprint density at radius 3 is 2.31 bits per heavy atom. The van der Waals surface area contributed by atoms with Gasteiger partial charge in [0, 0.05) is 8.95 Å². The number of rotatable bonds is 2. The van der Waals surface area contributed by atoms with Crippen molar-refractivity contribution in [3.05, 3.63) is 32.2 Å². The summed E-state index contributed by atoms with van der Waals surface area (Å²) in [5, 5.41) is 0. The lowest BCUT2D eigenvalue weighted by Crippen LogP contribution is -1.97. The highest BCUT2D eigenvalue weighted by molar-refractivity contribution is 9.13. The van der Waals surface area contributed by atoms with Crippen molar-refractivity contribution in [3.8, 4) is 0 Å². The predicted octanol–water partition coefficient (Wildman–Crippen LogP) is 4.90. The number of benzene rings is 1. The van der Waals surface area contributed by atoms with Crippen LogP contribution in [0.4, 0.5) is 0 Å². The van der Waals surface area contributed by atoms with Crippen LogP contribution in [-0.2, 0) is 6.42 Å². The van der Waals surface area contributed by atoms with Crippen LogP contribution in [0.3, 0.4) is 0 Å². The van der Waals surface area contributed by atoms with Gasteiger partial charge < -0.3 is 0 Å². The lowest BCUT2D eigenvalue weighted by Gasteiger charge is -2.14. The van der Waals surface area contributed by atoms with Gasteiger partial charge in [0.05, 0.1) is 0 Å². The highest BCUT2D eigenvalue weighted by atomic mass is 79.9. The molecule has 0 aliphatic carbocycles. The van der Waals surface area contributed by atoms with Crippen LogP contribution in [0.2, 0.25) is 0 Å². The summed E-state index contributed by atoms with van der Waals surface area (Å²) in [4.78, 5) is 0. The summed E-state index contributed by atoms with van der Waals surface area (Å²) >= 11 is 7.16. The molecule has 0 aliphatic rings. The highest BCUT2D eigenvalue weighted by Crippen LogP contribution is 2.34. The van der Waals surface area contributed by atoms with E-state index in [9.17, 15) is 0 Å². The first-order valence-corrected chi connectivity index (χ1v) is 6.13. The van der Waals surface area contributed by atoms with E-state index in [1.165, 1.54) is 15.6 Å². The van der Waals surface area contributed by atoms with Gasteiger partial charge in [-0.05, 0) is 61.4 Å². The van der Waals surface area contributed by atoms with Gasteiger partial charge in [0.25, 0.3) is 0 Å². The fourth-order valence-electron chi connectivity index (χ4n) is 1.54. The first-order valence-electron chi connectivity index (χ1n) is 4.54. The van der Waals surface area contributed by atoms with E-state index in [2.05, 4.69) is 64.8 Å². The molecule has 0 unspecified atom stereocenters. The molecule has 0 fully saturated rings. The lowest BCUT2D eigenvalue weighted by molar-refractivity contribution is 0.837. The summed E-state index contributed by atoms with van der Waals surface area (Å²) < 4.78 is 2.36. The molecule has 13 heavy (non-hydrogen) atoms. The average Bonchev–Trinajstić information content (AvgIpc) is 2.08. The Morgan fingerprint density at radius 1 is 1.23 bits per heavy atom. The van der Waals surface area contributed by atoms with E-state index >= 15 is 0 Å². The summed E-state index contributed by atoms with van der Waals surface area (Å²) in [6.45, 7) is 6.65. The molecule has 0 aromatic heterocycles. The minimum Gasteiger partial charge on any atom is -0.0613 e. The average molecular weight is 306 g/mol. The zero-order valence-electron chi connectivity index (χ0n) is 8.20. The fourth-order valence-corrected chi connectivity index (χ4v) is 2.73. The molecule has 0 saturated heterocycles. The molecule has 0 radical (unpaired) electrons. The second-order valence-corrected chi connectivity index (χ2v) is 5.09. The van der Waals surface area contributed by atoms with Crippen LogP contribution in [0, 0.1) is 0 Å². The smallest absolute Gasteiger partial charge is 0.0354 e. The summed E-state index contributed by atoms with van der Waals surface area (Å²) in [6, 6.07) is 4.30. The maximum absolute atomic E-state index is 3.63. The summed E-state index contributed by atoms with van der Waals surface area (Å²) in [5.41, 5.74) is 2.86. The molecule has 1 aromatic rings. The molecule has 0 amide bonds. The Bertz CT molecular complexity index is 303. The number of aryl methyl sites for hydroxylation is 1. The normalized spacial score (nSPS) is 10.9. The first-order chi connectivity index (χ1) is 6.07. The molecule has 0 N–H and O–H groups in total. The molecular formula is C11H14Br2. The Morgan fingerprint density at radius 2 is 1.85 bits per heavy atom. The molecule has 1 rings (SSSR count). The summed E-state index contributed by atoms with van der Waals surface area (Å²) in [5.74, 6) is 0.571. The summed E-state index contributed by atoms with van der Waals surface area (Å²) in [7, 11) is 0. The van der Waals surface area contributed by atoms with Crippen LogP contribution in [0.25, 0.3) is 0 Å². The van der Waals surface area contributed by atoms with Gasteiger partial charge in [-0.1, -0.05) is 26.8 Å². The van der Waals surface area contributed by atoms with Crippen molar-refractivity contribution in [2.75, 3.05) is 0 Å². The number of hydrogen-bond acceptors (Lipinski definition) is 0. The molecule has 0 spiro atoms. The summed E-state index contributed by atoms with van der Waals surface area (Å²) in [6.07, 6.45) is 1.10. The molecule has 0 atom stereocenters. The van der Waals surface area contributed by atoms with Crippen LogP contribution >= 0.6 is 31.9 Å². The van der Waals surface area contributed by atoms with E-state index in [1.54, 1.807) is 0 Å². The Labute approximate surface area is 97.0 Å². The molecule has 0 heterocycles. The Kier molecular flexibility index (Phi) is 3.99. The predicted molar refractivity (Wildman–Crippen MR) is 65.3 cm³/mol. The van der Waals surface area contributed by atoms with Crippen LogP contribution in [0.15, 0.2) is 21.1 Å². The second kappa shape index (κ2) is 4.61. The lowest BCUT2D eigenvalue weighted by atomic mass is 9.96. The highest BCUT2D eigenvalue weighted by Gasteiger charge is 2.11. The van der Waals surface area contributed by atoms with Crippen molar-refractivity contribution in [1.29, 1.82) is 0 Å². The maximum Gasteiger partial charge on any atom is 0.0354 e. The molecule has 0 bridgehead atoms. The third-order valence-corrected chi connectivity index (χ3v) is 4.23. The molecular weight excluding hydrogens is 292 g/mol. The van der Waals surface area contributed by atoms with Crippen molar-refractivity contribution in [1.82, 2.24) is 0 Å². The zero-order chi connectivity index (χ0) is 10.0. The quantitative estimate of drug-likeness (QED) is 0.729. The minimum atomic E-state index is 0.571. The van der Waals surface area contributed by atoms with Gasteiger partial charge in [-0.2, -0.15) is 0 Å². The fraction of sp³-hybridized carbons (Fsp3) is 0.455. The Balaban J connectivity index is 3.32. The van der Waals surface area contributed by atoms with E-state index in [0.717, 1.165) is 10.9 Å². The van der Waals surface area contributed by atoms with Gasteiger partial charge in [0.15, 0.2) is 0 Å². The Hall–Kier alpha value is 0.180. The van der Waals surface area contributed by atoms with E-state index in [1.807, 2.05) is 0 Å². The first kappa shape index (κ1) is 11.3. The topological polar surface area (TPSA) is 0 Å². The number of halogens is 2. The van der Waals surface area contributed by atoms with Crippen molar-refractivity contribution in [3.63, 3.8) is 0 Å². The molecule has 2 heteroatoms. The molecule has 1 aromatic carbocycles. The molecule has 0 saturated carbocycles. The van der Waals surface area contributed by atoms with Crippen LogP contribution in [0.1, 0.15) is 37.8 Å². The van der Waals surface area contributed by atoms with E-state index < -0.39 is 0 Å². The van der Waals surface area contributed by atoms with Gasteiger partial charge in [0.2, 0.25) is 0 Å². The maximum atomic E-state index is 3.63. The van der Waals surface area contributed by atoms with E-state index in [4.69, 9.17) is 0 Å². The van der Waals surface area contributed by atoms with Gasteiger partial charge in [0.1, 0.15) is 0 Å². The van der Waals surface area contributed by atoms with Crippen molar-refractivity contribution >= 4 is 31.9 Å². The molecule has 0 nitrogen and oxygen atoms in total. The third kappa shape index (κ3) is 2.35. The van der Waals surface area contributed by atoms with Crippen LogP contribution in [-0.4, -0.2) is 0 Å². The SMILES string of the molecule is CCc1ccc(Br)c(Br)c1C(C)C. The second-order valence-electron chi connectivity index (χ2n) is 3.44. The van der Waals surface area contributed by atoms with Crippen molar-refractivity contribution < 1.29 is 0 Å². The van der Waals surface area contributed by atoms with E-state index in [-0.39, 0.29) is 0 Å².